The van der Waals surface area contributed by atoms with Crippen LogP contribution in [0.2, 0.25) is 0 Å². The van der Waals surface area contributed by atoms with Crippen molar-refractivity contribution in [3.05, 3.63) is 207 Å². The fraction of sp³-hybridized carbons (Fsp3) is 0. The molecule has 4 heterocycles. The molecule has 10 aromatic rings. The van der Waals surface area contributed by atoms with Crippen molar-refractivity contribution < 1.29 is 42.1 Å². The van der Waals surface area contributed by atoms with E-state index in [4.69, 9.17) is 4.98 Å². The van der Waals surface area contributed by atoms with Crippen LogP contribution in [0.15, 0.2) is 183 Å². The molecule has 59 heavy (non-hydrogen) atoms. The molecule has 10 rings (SSSR count). The van der Waals surface area contributed by atoms with Crippen LogP contribution in [0.3, 0.4) is 0 Å². The number of fused-ring (bicyclic) bond motifs is 3. The van der Waals surface area contributed by atoms with Crippen LogP contribution in [0.25, 0.3) is 50.3 Å². The van der Waals surface area contributed by atoms with Gasteiger partial charge < -0.3 is 14.5 Å². The van der Waals surface area contributed by atoms with E-state index < -0.39 is 0 Å². The van der Waals surface area contributed by atoms with E-state index in [2.05, 4.69) is 154 Å². The molecular formula is C49H30B2N6Pt2. The Kier molecular flexibility index (Phi) is 12.0. The molecule has 0 saturated heterocycles. The zero-order chi connectivity index (χ0) is 38.0. The molecule has 10 heteroatoms. The predicted molar refractivity (Wildman–Crippen MR) is 231 cm³/mol. The van der Waals surface area contributed by atoms with Crippen LogP contribution in [-0.4, -0.2) is 43.1 Å². The Labute approximate surface area is 372 Å². The molecule has 6 aromatic carbocycles. The van der Waals surface area contributed by atoms with Gasteiger partial charge in [0.1, 0.15) is 0 Å². The van der Waals surface area contributed by atoms with Gasteiger partial charge in [-0.2, -0.15) is 74.1 Å². The second-order valence-corrected chi connectivity index (χ2v) is 13.8. The molecule has 6 nitrogen and oxygen atoms in total. The number of pyridine rings is 2. The molecule has 0 amide bonds. The number of hydrogen-bond acceptors (Lipinski definition) is 5. The van der Waals surface area contributed by atoms with E-state index in [0.717, 1.165) is 77.1 Å². The third kappa shape index (κ3) is 7.91. The van der Waals surface area contributed by atoms with Gasteiger partial charge in [0.2, 0.25) is 0 Å². The molecule has 4 aromatic heterocycles. The number of benzene rings is 6. The number of rotatable bonds is 9. The Morgan fingerprint density at radius 1 is 0.390 bits per heavy atom. The summed E-state index contributed by atoms with van der Waals surface area (Å²) in [6, 6.07) is 69.3. The molecule has 0 bridgehead atoms. The van der Waals surface area contributed by atoms with E-state index in [1.165, 1.54) is 0 Å². The van der Waals surface area contributed by atoms with Crippen LogP contribution in [-0.2, 0) is 42.1 Å². The minimum absolute atomic E-state index is 0. The largest absolute Gasteiger partial charge is 2.00 e. The topological polar surface area (TPSA) is 69.4 Å². The zero-order valence-electron chi connectivity index (χ0n) is 31.3. The van der Waals surface area contributed by atoms with Crippen LogP contribution < -0.4 is 32.8 Å². The van der Waals surface area contributed by atoms with Crippen LogP contribution in [0.4, 0.5) is 0 Å². The van der Waals surface area contributed by atoms with Gasteiger partial charge in [0, 0.05) is 12.4 Å². The zero-order valence-corrected chi connectivity index (χ0v) is 35.8. The van der Waals surface area contributed by atoms with Crippen LogP contribution >= 0.6 is 0 Å². The number of aromatic nitrogens is 6. The van der Waals surface area contributed by atoms with Gasteiger partial charge in [0.25, 0.3) is 5.95 Å². The Bertz CT molecular complexity index is 2790. The first-order valence-corrected chi connectivity index (χ1v) is 18.8. The fourth-order valence-corrected chi connectivity index (χ4v) is 7.77. The standard InChI is InChI=1S/C49H30B2N6.2Pt/c1-3-15-37(16-4-1)50(39-19-11-13-35(31-39)45-21-7-9-27-52-45)41-23-25-43-44-26-24-42(34-48(44)57(47(43)33-41)49-54-29-30-55-56-49)51(38-17-5-2-6-18-38)40-20-12-14-36(32-40)46-22-8-10-28-53-46;;/h1-30H;;/q-4;2*+2. The molecule has 0 spiro atoms. The molecule has 0 aliphatic heterocycles. The molecule has 282 valence electrons. The summed E-state index contributed by atoms with van der Waals surface area (Å²) in [5.74, 6) is 0.444. The van der Waals surface area contributed by atoms with Gasteiger partial charge in [0.05, 0.1) is 12.4 Å². The average molecular weight is 1110 g/mol. The third-order valence-corrected chi connectivity index (χ3v) is 10.3. The quantitative estimate of drug-likeness (QED) is 0.145. The second kappa shape index (κ2) is 17.8. The van der Waals surface area contributed by atoms with Crippen molar-refractivity contribution in [3.63, 3.8) is 0 Å². The first-order valence-electron chi connectivity index (χ1n) is 18.8. The van der Waals surface area contributed by atoms with Crippen LogP contribution in [0.1, 0.15) is 0 Å². The summed E-state index contributed by atoms with van der Waals surface area (Å²) in [7, 11) is 0. The second-order valence-electron chi connectivity index (χ2n) is 13.8. The van der Waals surface area contributed by atoms with Gasteiger partial charge in [-0.25, -0.2) is 4.98 Å². The maximum atomic E-state index is 4.72. The molecule has 0 unspecified atom stereocenters. The Balaban J connectivity index is 0.00000242. The minimum Gasteiger partial charge on any atom is -0.327 e. The van der Waals surface area contributed by atoms with E-state index in [1.807, 2.05) is 65.5 Å². The molecule has 0 saturated carbocycles. The molecule has 0 aliphatic rings. The van der Waals surface area contributed by atoms with Gasteiger partial charge >= 0.3 is 42.1 Å². The van der Waals surface area contributed by atoms with Gasteiger partial charge in [-0.1, -0.05) is 107 Å². The normalized spacial score (nSPS) is 10.8. The van der Waals surface area contributed by atoms with Crippen molar-refractivity contribution in [2.45, 2.75) is 0 Å². The minimum atomic E-state index is -0.163. The summed E-state index contributed by atoms with van der Waals surface area (Å²) in [4.78, 5) is 13.9. The summed E-state index contributed by atoms with van der Waals surface area (Å²) < 4.78 is 2.04. The van der Waals surface area contributed by atoms with E-state index in [0.29, 0.717) is 5.95 Å². The molecule has 0 atom stereocenters. The molecule has 0 N–H and O–H groups in total. The van der Waals surface area contributed by atoms with E-state index in [1.54, 1.807) is 12.4 Å². The maximum absolute atomic E-state index is 4.72. The van der Waals surface area contributed by atoms with E-state index in [9.17, 15) is 0 Å². The van der Waals surface area contributed by atoms with Crippen LogP contribution in [0.5, 0.6) is 0 Å². The summed E-state index contributed by atoms with van der Waals surface area (Å²) in [5.41, 5.74) is 11.6. The SMILES string of the molecule is [Pt+2].[Pt+2].[c-]1c(B(c2[c-]c3c(cc2)c2ccc(B(c4[c-]c(-c5ccccn5)ccc4)c4ccccc4)[c-]c2n3-c2nccnn2)c2ccccc2)cccc1-c1ccccn1. The van der Waals surface area contributed by atoms with Crippen molar-refractivity contribution in [2.75, 3.05) is 0 Å². The first kappa shape index (κ1) is 39.7. The Morgan fingerprint density at radius 3 is 1.31 bits per heavy atom. The third-order valence-electron chi connectivity index (χ3n) is 10.3. The first-order chi connectivity index (χ1) is 28.3. The van der Waals surface area contributed by atoms with E-state index >= 15 is 0 Å². The Morgan fingerprint density at radius 2 is 0.864 bits per heavy atom. The Hall–Kier alpha value is -6.06. The number of nitrogens with zero attached hydrogens (tertiary/aromatic N) is 6. The molecule has 0 aliphatic carbocycles. The van der Waals surface area contributed by atoms with Gasteiger partial charge in [-0.15, -0.1) is 64.8 Å². The van der Waals surface area contributed by atoms with Crippen molar-refractivity contribution >= 4 is 68.0 Å². The average Bonchev–Trinajstić information content (AvgIpc) is 3.61. The monoisotopic (exact) mass is 1110 g/mol. The predicted octanol–water partition coefficient (Wildman–Crippen LogP) is 5.32. The summed E-state index contributed by atoms with van der Waals surface area (Å²) >= 11 is 0. The smallest absolute Gasteiger partial charge is 0.327 e. The molecule has 0 radical (unpaired) electrons. The van der Waals surface area contributed by atoms with Crippen molar-refractivity contribution in [1.29, 1.82) is 0 Å². The van der Waals surface area contributed by atoms with Gasteiger partial charge in [-0.3, -0.25) is 0 Å². The molecular weight excluding hydrogens is 1080 g/mol. The number of hydrogen-bond donors (Lipinski definition) is 0. The fourth-order valence-electron chi connectivity index (χ4n) is 7.77. The van der Waals surface area contributed by atoms with Crippen molar-refractivity contribution in [1.82, 2.24) is 29.7 Å². The van der Waals surface area contributed by atoms with Gasteiger partial charge in [0.15, 0.2) is 13.4 Å². The summed E-state index contributed by atoms with van der Waals surface area (Å²) in [6.07, 6.45) is 6.89. The van der Waals surface area contributed by atoms with Gasteiger partial charge in [-0.05, 0) is 23.5 Å². The van der Waals surface area contributed by atoms with Crippen molar-refractivity contribution in [2.24, 2.45) is 0 Å². The summed E-state index contributed by atoms with van der Waals surface area (Å²) in [5, 5.41) is 10.8. The maximum Gasteiger partial charge on any atom is 2.00 e. The van der Waals surface area contributed by atoms with Crippen molar-refractivity contribution in [3.8, 4) is 28.5 Å². The summed E-state index contributed by atoms with van der Waals surface area (Å²) in [6.45, 7) is -0.325. The van der Waals surface area contributed by atoms with Crippen LogP contribution in [0, 0.1) is 24.3 Å². The van der Waals surface area contributed by atoms with E-state index in [-0.39, 0.29) is 55.6 Å². The molecule has 0 fully saturated rings.